The largest absolute Gasteiger partial charge is 0.504 e. The molecule has 0 bridgehead atoms. The molecular formula is C24H21ClN2O5S. The normalized spacial score (nSPS) is 15.8. The number of carbonyl (C=O) groups excluding carboxylic acids is 1. The van der Waals surface area contributed by atoms with Crippen LogP contribution in [0.4, 0.5) is 0 Å². The molecule has 170 valence electrons. The molecule has 1 aliphatic heterocycles. The Bertz CT molecular complexity index is 1440. The number of esters is 1. The lowest BCUT2D eigenvalue weighted by Crippen LogP contribution is -2.39. The van der Waals surface area contributed by atoms with E-state index >= 15 is 0 Å². The number of phenols is 1. The zero-order valence-electron chi connectivity index (χ0n) is 18.2. The van der Waals surface area contributed by atoms with E-state index in [2.05, 4.69) is 4.99 Å². The summed E-state index contributed by atoms with van der Waals surface area (Å²) < 4.78 is 12.4. The molecule has 0 fully saturated rings. The molecule has 0 aliphatic carbocycles. The lowest BCUT2D eigenvalue weighted by atomic mass is 9.96. The van der Waals surface area contributed by atoms with Gasteiger partial charge in [-0.1, -0.05) is 41.1 Å². The van der Waals surface area contributed by atoms with Crippen LogP contribution in [0.5, 0.6) is 11.5 Å². The van der Waals surface area contributed by atoms with Gasteiger partial charge in [0.25, 0.3) is 5.56 Å². The Morgan fingerprint density at radius 1 is 1.27 bits per heavy atom. The second-order valence-electron chi connectivity index (χ2n) is 7.29. The number of hydrogen-bond donors (Lipinski definition) is 1. The maximum absolute atomic E-state index is 13.5. The maximum atomic E-state index is 13.5. The number of rotatable bonds is 5. The van der Waals surface area contributed by atoms with Crippen molar-refractivity contribution in [1.29, 1.82) is 0 Å². The van der Waals surface area contributed by atoms with E-state index in [1.807, 2.05) is 6.92 Å². The van der Waals surface area contributed by atoms with E-state index in [1.54, 1.807) is 49.4 Å². The molecule has 0 spiro atoms. The fourth-order valence-corrected chi connectivity index (χ4v) is 4.87. The topological polar surface area (TPSA) is 90.1 Å². The molecule has 2 heterocycles. The number of aromatic nitrogens is 1. The van der Waals surface area contributed by atoms with Crippen LogP contribution in [0, 0.1) is 0 Å². The quantitative estimate of drug-likeness (QED) is 0.562. The van der Waals surface area contributed by atoms with E-state index in [0.29, 0.717) is 49.1 Å². The highest BCUT2D eigenvalue weighted by Gasteiger charge is 2.33. The number of thiazole rings is 1. The minimum absolute atomic E-state index is 0.0246. The molecule has 9 heteroatoms. The van der Waals surface area contributed by atoms with Crippen molar-refractivity contribution in [3.8, 4) is 11.5 Å². The molecule has 0 saturated carbocycles. The van der Waals surface area contributed by atoms with Gasteiger partial charge in [0.2, 0.25) is 0 Å². The third kappa shape index (κ3) is 4.31. The van der Waals surface area contributed by atoms with Crippen molar-refractivity contribution < 1.29 is 19.4 Å². The van der Waals surface area contributed by atoms with Gasteiger partial charge in [-0.2, -0.15) is 0 Å². The molecule has 4 rings (SSSR count). The first kappa shape index (κ1) is 22.8. The van der Waals surface area contributed by atoms with Crippen LogP contribution in [0.25, 0.3) is 6.08 Å². The average molecular weight is 485 g/mol. The molecule has 7 nitrogen and oxygen atoms in total. The van der Waals surface area contributed by atoms with Gasteiger partial charge in [-0.3, -0.25) is 9.36 Å². The van der Waals surface area contributed by atoms with Gasteiger partial charge in [0, 0.05) is 5.02 Å². The minimum Gasteiger partial charge on any atom is -0.504 e. The molecule has 1 aromatic heterocycles. The number of methoxy groups -OCH3 is 1. The SMILES string of the molecule is CCOc1cc(/C=c2\sc3n(c2=O)[C@@H](c2ccc(Cl)cc2)C(C(=O)OC)=C(C)N=3)ccc1O. The van der Waals surface area contributed by atoms with Gasteiger partial charge in [0.05, 0.1) is 35.6 Å². The van der Waals surface area contributed by atoms with Crippen molar-refractivity contribution in [2.24, 2.45) is 4.99 Å². The first-order chi connectivity index (χ1) is 15.8. The number of fused-ring (bicyclic) bond motifs is 1. The average Bonchev–Trinajstić information content (AvgIpc) is 3.10. The number of allylic oxidation sites excluding steroid dienone is 1. The van der Waals surface area contributed by atoms with Crippen LogP contribution in [0.3, 0.4) is 0 Å². The Hall–Kier alpha value is -3.36. The second-order valence-corrected chi connectivity index (χ2v) is 8.73. The third-order valence-electron chi connectivity index (χ3n) is 5.19. The number of hydrogen-bond acceptors (Lipinski definition) is 7. The first-order valence-corrected chi connectivity index (χ1v) is 11.4. The fraction of sp³-hybridized carbons (Fsp3) is 0.208. The van der Waals surface area contributed by atoms with Gasteiger partial charge in [-0.15, -0.1) is 0 Å². The molecule has 0 radical (unpaired) electrons. The lowest BCUT2D eigenvalue weighted by Gasteiger charge is -2.24. The molecule has 33 heavy (non-hydrogen) atoms. The van der Waals surface area contributed by atoms with Gasteiger partial charge in [-0.25, -0.2) is 9.79 Å². The van der Waals surface area contributed by atoms with Crippen molar-refractivity contribution in [3.63, 3.8) is 0 Å². The van der Waals surface area contributed by atoms with Crippen molar-refractivity contribution in [1.82, 2.24) is 4.57 Å². The Balaban J connectivity index is 1.93. The number of aromatic hydroxyl groups is 1. The Labute approximate surface area is 198 Å². The Kier molecular flexibility index (Phi) is 6.40. The molecule has 3 aromatic rings. The summed E-state index contributed by atoms with van der Waals surface area (Å²) in [5.41, 5.74) is 1.89. The molecule has 1 atom stereocenters. The monoisotopic (exact) mass is 484 g/mol. The highest BCUT2D eigenvalue weighted by molar-refractivity contribution is 7.07. The number of phenolic OH excluding ortho intramolecular Hbond substituents is 1. The number of nitrogens with zero attached hydrogens (tertiary/aromatic N) is 2. The zero-order valence-corrected chi connectivity index (χ0v) is 19.7. The van der Waals surface area contributed by atoms with Gasteiger partial charge in [0.1, 0.15) is 0 Å². The number of halogens is 1. The highest BCUT2D eigenvalue weighted by atomic mass is 35.5. The van der Waals surface area contributed by atoms with E-state index in [0.717, 1.165) is 0 Å². The van der Waals surface area contributed by atoms with Crippen LogP contribution < -0.4 is 19.6 Å². The summed E-state index contributed by atoms with van der Waals surface area (Å²) in [6.45, 7) is 3.94. The Morgan fingerprint density at radius 3 is 2.67 bits per heavy atom. The van der Waals surface area contributed by atoms with Crippen molar-refractivity contribution in [3.05, 3.63) is 89.6 Å². The van der Waals surface area contributed by atoms with Crippen molar-refractivity contribution >= 4 is 35.0 Å². The molecule has 0 saturated heterocycles. The fourth-order valence-electron chi connectivity index (χ4n) is 3.70. The maximum Gasteiger partial charge on any atom is 0.338 e. The summed E-state index contributed by atoms with van der Waals surface area (Å²) in [4.78, 5) is 31.2. The number of benzene rings is 2. The summed E-state index contributed by atoms with van der Waals surface area (Å²) in [6.07, 6.45) is 1.71. The van der Waals surface area contributed by atoms with Crippen molar-refractivity contribution in [2.45, 2.75) is 19.9 Å². The van der Waals surface area contributed by atoms with E-state index in [4.69, 9.17) is 21.1 Å². The standard InChI is InChI=1S/C24H21ClN2O5S/c1-4-32-18-11-14(5-10-17(18)28)12-19-22(29)27-21(15-6-8-16(25)9-7-15)20(23(30)31-3)13(2)26-24(27)33-19/h5-12,21,28H,4H2,1-3H3/b19-12-/t21-/m0/s1. The lowest BCUT2D eigenvalue weighted by molar-refractivity contribution is -0.136. The van der Waals surface area contributed by atoms with Crippen LogP contribution >= 0.6 is 22.9 Å². The van der Waals surface area contributed by atoms with Crippen LogP contribution in [-0.4, -0.2) is 29.4 Å². The van der Waals surface area contributed by atoms with E-state index in [1.165, 1.54) is 29.1 Å². The van der Waals surface area contributed by atoms with E-state index in [9.17, 15) is 14.7 Å². The van der Waals surface area contributed by atoms with Gasteiger partial charge < -0.3 is 14.6 Å². The summed E-state index contributed by atoms with van der Waals surface area (Å²) in [6, 6.07) is 11.2. The van der Waals surface area contributed by atoms with Crippen LogP contribution in [0.2, 0.25) is 5.02 Å². The van der Waals surface area contributed by atoms with E-state index < -0.39 is 12.0 Å². The second kappa shape index (κ2) is 9.25. The summed E-state index contributed by atoms with van der Waals surface area (Å²) in [7, 11) is 1.30. The first-order valence-electron chi connectivity index (χ1n) is 10.2. The number of carbonyl (C=O) groups is 1. The molecule has 0 amide bonds. The molecule has 1 aliphatic rings. The zero-order chi connectivity index (χ0) is 23.7. The molecular weight excluding hydrogens is 464 g/mol. The molecule has 1 N–H and O–H groups in total. The third-order valence-corrected chi connectivity index (χ3v) is 6.43. The summed E-state index contributed by atoms with van der Waals surface area (Å²) >= 11 is 7.28. The predicted octanol–water partition coefficient (Wildman–Crippen LogP) is 3.17. The molecule has 0 unspecified atom stereocenters. The highest BCUT2D eigenvalue weighted by Crippen LogP contribution is 2.31. The van der Waals surface area contributed by atoms with E-state index in [-0.39, 0.29) is 11.3 Å². The van der Waals surface area contributed by atoms with Gasteiger partial charge in [-0.05, 0) is 55.3 Å². The van der Waals surface area contributed by atoms with Crippen LogP contribution in [-0.2, 0) is 9.53 Å². The minimum atomic E-state index is -0.702. The smallest absolute Gasteiger partial charge is 0.338 e. The van der Waals surface area contributed by atoms with Crippen molar-refractivity contribution in [2.75, 3.05) is 13.7 Å². The van der Waals surface area contributed by atoms with Crippen LogP contribution in [0.1, 0.15) is 31.0 Å². The molecule has 2 aromatic carbocycles. The Morgan fingerprint density at radius 2 is 2.00 bits per heavy atom. The van der Waals surface area contributed by atoms with Gasteiger partial charge in [0.15, 0.2) is 16.3 Å². The van der Waals surface area contributed by atoms with Crippen LogP contribution in [0.15, 0.2) is 63.5 Å². The van der Waals surface area contributed by atoms with Gasteiger partial charge >= 0.3 is 5.97 Å². The summed E-state index contributed by atoms with van der Waals surface area (Å²) in [5, 5.41) is 10.5. The number of ether oxygens (including phenoxy) is 2. The summed E-state index contributed by atoms with van der Waals surface area (Å²) in [5.74, 6) is -0.191. The predicted molar refractivity (Wildman–Crippen MR) is 127 cm³/mol.